The third kappa shape index (κ3) is 4.28. The SMILES string of the molecule is CC(C)(C)N=C(C#N)C(C)(C)CCl. The standard InChI is InChI=1S/C10H17ClN2/c1-9(2,3)13-8(6-12)10(4,5)7-11/h7H2,1-5H3. The van der Waals surface area contributed by atoms with Crippen molar-refractivity contribution in [2.75, 3.05) is 5.88 Å². The van der Waals surface area contributed by atoms with E-state index >= 15 is 0 Å². The molecule has 3 heteroatoms. The van der Waals surface area contributed by atoms with Crippen LogP contribution in [-0.2, 0) is 0 Å². The van der Waals surface area contributed by atoms with E-state index in [9.17, 15) is 0 Å². The Morgan fingerprint density at radius 2 is 1.77 bits per heavy atom. The highest BCUT2D eigenvalue weighted by molar-refractivity contribution is 6.21. The number of halogens is 1. The molecule has 0 amide bonds. The molecule has 0 radical (unpaired) electrons. The van der Waals surface area contributed by atoms with E-state index in [1.165, 1.54) is 0 Å². The third-order valence-corrected chi connectivity index (χ3v) is 2.20. The summed E-state index contributed by atoms with van der Waals surface area (Å²) < 4.78 is 0. The molecule has 0 aromatic carbocycles. The molecular weight excluding hydrogens is 184 g/mol. The normalized spacial score (nSPS) is 14.1. The van der Waals surface area contributed by atoms with E-state index in [-0.39, 0.29) is 11.0 Å². The Labute approximate surface area is 85.6 Å². The molecule has 0 aliphatic carbocycles. The van der Waals surface area contributed by atoms with Crippen LogP contribution in [0, 0.1) is 16.7 Å². The van der Waals surface area contributed by atoms with E-state index in [1.807, 2.05) is 34.6 Å². The van der Waals surface area contributed by atoms with Crippen LogP contribution in [0.5, 0.6) is 0 Å². The minimum absolute atomic E-state index is 0.214. The molecule has 0 rings (SSSR count). The van der Waals surface area contributed by atoms with Crippen molar-refractivity contribution in [2.24, 2.45) is 10.4 Å². The number of alkyl halides is 1. The van der Waals surface area contributed by atoms with Crippen LogP contribution < -0.4 is 0 Å². The topological polar surface area (TPSA) is 36.1 Å². The first-order valence-corrected chi connectivity index (χ1v) is 4.83. The number of hydrogen-bond acceptors (Lipinski definition) is 2. The molecule has 0 spiro atoms. The van der Waals surface area contributed by atoms with Gasteiger partial charge in [-0.15, -0.1) is 11.6 Å². The van der Waals surface area contributed by atoms with Crippen molar-refractivity contribution in [1.82, 2.24) is 0 Å². The molecule has 0 saturated carbocycles. The molecule has 0 aliphatic heterocycles. The van der Waals surface area contributed by atoms with Crippen LogP contribution in [-0.4, -0.2) is 17.1 Å². The maximum absolute atomic E-state index is 8.92. The van der Waals surface area contributed by atoms with Gasteiger partial charge in [-0.1, -0.05) is 13.8 Å². The summed E-state index contributed by atoms with van der Waals surface area (Å²) in [6.07, 6.45) is 0. The van der Waals surface area contributed by atoms with Crippen molar-refractivity contribution < 1.29 is 0 Å². The van der Waals surface area contributed by atoms with E-state index < -0.39 is 0 Å². The first kappa shape index (κ1) is 12.4. The highest BCUT2D eigenvalue weighted by atomic mass is 35.5. The first-order chi connectivity index (χ1) is 5.73. The lowest BCUT2D eigenvalue weighted by Crippen LogP contribution is -2.28. The Balaban J connectivity index is 4.95. The van der Waals surface area contributed by atoms with E-state index in [0.717, 1.165) is 0 Å². The van der Waals surface area contributed by atoms with Gasteiger partial charge in [0, 0.05) is 11.3 Å². The van der Waals surface area contributed by atoms with Gasteiger partial charge in [0.1, 0.15) is 11.8 Å². The zero-order valence-electron chi connectivity index (χ0n) is 8.98. The highest BCUT2D eigenvalue weighted by Crippen LogP contribution is 2.22. The fourth-order valence-corrected chi connectivity index (χ4v) is 0.853. The summed E-state index contributed by atoms with van der Waals surface area (Å²) >= 11 is 5.76. The highest BCUT2D eigenvalue weighted by Gasteiger charge is 2.25. The molecule has 0 aromatic rings. The van der Waals surface area contributed by atoms with Crippen LogP contribution in [0.2, 0.25) is 0 Å². The second-order valence-electron chi connectivity index (χ2n) is 4.76. The predicted octanol–water partition coefficient (Wildman–Crippen LogP) is 3.01. The Hall–Kier alpha value is -0.550. The number of aliphatic imine (C=N–C) groups is 1. The molecule has 0 aromatic heterocycles. The van der Waals surface area contributed by atoms with Crippen molar-refractivity contribution >= 4 is 17.3 Å². The predicted molar refractivity (Wildman–Crippen MR) is 57.3 cm³/mol. The molecule has 0 N–H and O–H groups in total. The molecule has 2 nitrogen and oxygen atoms in total. The largest absolute Gasteiger partial charge is 0.272 e. The second-order valence-corrected chi connectivity index (χ2v) is 5.03. The summed E-state index contributed by atoms with van der Waals surface area (Å²) in [5.41, 5.74) is -0.0205. The molecule has 0 aliphatic rings. The van der Waals surface area contributed by atoms with Gasteiger partial charge in [0.25, 0.3) is 0 Å². The van der Waals surface area contributed by atoms with Gasteiger partial charge in [-0.2, -0.15) is 5.26 Å². The van der Waals surface area contributed by atoms with Gasteiger partial charge in [0.05, 0.1) is 5.54 Å². The Bertz CT molecular complexity index is 241. The molecule has 0 atom stereocenters. The Morgan fingerprint density at radius 1 is 1.31 bits per heavy atom. The van der Waals surface area contributed by atoms with Crippen molar-refractivity contribution in [2.45, 2.75) is 40.2 Å². The maximum atomic E-state index is 8.92. The molecule has 13 heavy (non-hydrogen) atoms. The molecule has 0 fully saturated rings. The number of nitriles is 1. The number of rotatable bonds is 2. The monoisotopic (exact) mass is 200 g/mol. The molecule has 0 heterocycles. The summed E-state index contributed by atoms with van der Waals surface area (Å²) in [5, 5.41) is 8.92. The van der Waals surface area contributed by atoms with Gasteiger partial charge < -0.3 is 0 Å². The van der Waals surface area contributed by atoms with E-state index in [4.69, 9.17) is 16.9 Å². The minimum Gasteiger partial charge on any atom is -0.272 e. The van der Waals surface area contributed by atoms with Gasteiger partial charge in [-0.05, 0) is 20.8 Å². The molecular formula is C10H17ClN2. The van der Waals surface area contributed by atoms with Gasteiger partial charge in [-0.25, -0.2) is 0 Å². The lowest BCUT2D eigenvalue weighted by molar-refractivity contribution is 0.547. The maximum Gasteiger partial charge on any atom is 0.119 e. The van der Waals surface area contributed by atoms with Gasteiger partial charge in [0.2, 0.25) is 0 Å². The van der Waals surface area contributed by atoms with Crippen molar-refractivity contribution in [3.05, 3.63) is 0 Å². The Kier molecular flexibility index (Phi) is 3.93. The molecule has 0 unspecified atom stereocenters. The Morgan fingerprint density at radius 3 is 2.00 bits per heavy atom. The van der Waals surface area contributed by atoms with Gasteiger partial charge >= 0.3 is 0 Å². The lowest BCUT2D eigenvalue weighted by Gasteiger charge is -2.22. The van der Waals surface area contributed by atoms with Crippen molar-refractivity contribution in [3.8, 4) is 6.07 Å². The van der Waals surface area contributed by atoms with Crippen LogP contribution in [0.1, 0.15) is 34.6 Å². The summed E-state index contributed by atoms with van der Waals surface area (Å²) in [7, 11) is 0. The zero-order chi connectivity index (χ0) is 10.7. The van der Waals surface area contributed by atoms with Crippen LogP contribution in [0.4, 0.5) is 0 Å². The summed E-state index contributed by atoms with van der Waals surface area (Å²) in [6, 6.07) is 2.12. The molecule has 74 valence electrons. The van der Waals surface area contributed by atoms with Crippen LogP contribution in [0.25, 0.3) is 0 Å². The summed E-state index contributed by atoms with van der Waals surface area (Å²) in [6.45, 7) is 9.75. The smallest absolute Gasteiger partial charge is 0.119 e. The summed E-state index contributed by atoms with van der Waals surface area (Å²) in [4.78, 5) is 4.34. The fourth-order valence-electron chi connectivity index (χ4n) is 0.726. The number of hydrogen-bond donors (Lipinski definition) is 0. The zero-order valence-corrected chi connectivity index (χ0v) is 9.74. The van der Waals surface area contributed by atoms with Gasteiger partial charge in [0.15, 0.2) is 0 Å². The molecule has 0 saturated heterocycles. The first-order valence-electron chi connectivity index (χ1n) is 4.29. The average molecular weight is 201 g/mol. The van der Waals surface area contributed by atoms with E-state index in [0.29, 0.717) is 11.6 Å². The lowest BCUT2D eigenvalue weighted by atomic mass is 9.89. The third-order valence-electron chi connectivity index (χ3n) is 1.53. The molecule has 0 bridgehead atoms. The van der Waals surface area contributed by atoms with Crippen LogP contribution in [0.15, 0.2) is 4.99 Å². The van der Waals surface area contributed by atoms with Gasteiger partial charge in [-0.3, -0.25) is 4.99 Å². The van der Waals surface area contributed by atoms with Crippen molar-refractivity contribution in [3.63, 3.8) is 0 Å². The summed E-state index contributed by atoms with van der Waals surface area (Å²) in [5.74, 6) is 0.412. The quantitative estimate of drug-likeness (QED) is 0.499. The average Bonchev–Trinajstić information content (AvgIpc) is 1.98. The fraction of sp³-hybridized carbons (Fsp3) is 0.800. The van der Waals surface area contributed by atoms with Crippen LogP contribution >= 0.6 is 11.6 Å². The van der Waals surface area contributed by atoms with E-state index in [2.05, 4.69) is 11.1 Å². The van der Waals surface area contributed by atoms with E-state index in [1.54, 1.807) is 0 Å². The second kappa shape index (κ2) is 4.11. The van der Waals surface area contributed by atoms with Crippen molar-refractivity contribution in [1.29, 1.82) is 5.26 Å². The number of nitrogens with zero attached hydrogens (tertiary/aromatic N) is 2. The minimum atomic E-state index is -0.330. The van der Waals surface area contributed by atoms with Crippen LogP contribution in [0.3, 0.4) is 0 Å².